The van der Waals surface area contributed by atoms with E-state index in [0.29, 0.717) is 30.7 Å². The highest BCUT2D eigenvalue weighted by Gasteiger charge is 2.44. The van der Waals surface area contributed by atoms with Gasteiger partial charge in [0.05, 0.1) is 12.7 Å². The highest BCUT2D eigenvalue weighted by Crippen LogP contribution is 2.35. The van der Waals surface area contributed by atoms with E-state index in [1.165, 1.54) is 0 Å². The predicted molar refractivity (Wildman–Crippen MR) is 101 cm³/mol. The molecule has 0 bridgehead atoms. The fourth-order valence-corrected chi connectivity index (χ4v) is 3.86. The van der Waals surface area contributed by atoms with Crippen LogP contribution in [0.2, 0.25) is 0 Å². The Morgan fingerprint density at radius 2 is 2.22 bits per heavy atom. The van der Waals surface area contributed by atoms with Crippen LogP contribution in [0, 0.1) is 11.8 Å². The highest BCUT2D eigenvalue weighted by atomic mass is 16.5. The lowest BCUT2D eigenvalue weighted by Crippen LogP contribution is -2.35. The SMILES string of the molecule is CN(C)c1cc(N2C[C@@H]3[C@@H](CNC(=O)c4ccnn4C)CO[C@@H]3C2)ncn1. The number of rotatable bonds is 5. The Hall–Kier alpha value is -2.68. The molecular formula is C18H25N7O2. The van der Waals surface area contributed by atoms with Gasteiger partial charge in [0.15, 0.2) is 0 Å². The number of ether oxygens (including phenoxy) is 1. The van der Waals surface area contributed by atoms with Crippen molar-refractivity contribution in [2.45, 2.75) is 6.10 Å². The molecule has 2 aromatic heterocycles. The fourth-order valence-electron chi connectivity index (χ4n) is 3.86. The third kappa shape index (κ3) is 3.46. The Morgan fingerprint density at radius 3 is 2.96 bits per heavy atom. The second-order valence-corrected chi connectivity index (χ2v) is 7.38. The van der Waals surface area contributed by atoms with Crippen LogP contribution in [0.3, 0.4) is 0 Å². The van der Waals surface area contributed by atoms with Gasteiger partial charge < -0.3 is 19.9 Å². The van der Waals surface area contributed by atoms with Crippen molar-refractivity contribution in [2.75, 3.05) is 50.1 Å². The summed E-state index contributed by atoms with van der Waals surface area (Å²) in [5.74, 6) is 2.39. The zero-order valence-corrected chi connectivity index (χ0v) is 15.9. The molecule has 1 amide bonds. The maximum Gasteiger partial charge on any atom is 0.269 e. The molecule has 0 saturated carbocycles. The zero-order chi connectivity index (χ0) is 19.0. The lowest BCUT2D eigenvalue weighted by molar-refractivity contribution is 0.0930. The van der Waals surface area contributed by atoms with E-state index in [2.05, 4.69) is 25.3 Å². The molecule has 2 aliphatic heterocycles. The van der Waals surface area contributed by atoms with E-state index in [1.54, 1.807) is 30.3 Å². The van der Waals surface area contributed by atoms with E-state index < -0.39 is 0 Å². The molecule has 0 radical (unpaired) electrons. The average molecular weight is 371 g/mol. The summed E-state index contributed by atoms with van der Waals surface area (Å²) < 4.78 is 7.58. The van der Waals surface area contributed by atoms with E-state index in [4.69, 9.17) is 4.74 Å². The standard InChI is InChI=1S/C18H25N7O2/c1-23(2)16-6-17(21-11-20-16)25-8-13-12(10-27-15(13)9-25)7-19-18(26)14-4-5-22-24(14)3/h4-6,11-13,15H,7-10H2,1-3H3,(H,19,26)/t12-,13+,15+/m0/s1. The minimum absolute atomic E-state index is 0.0975. The summed E-state index contributed by atoms with van der Waals surface area (Å²) in [5, 5.41) is 7.07. The fraction of sp³-hybridized carbons (Fsp3) is 0.556. The van der Waals surface area contributed by atoms with E-state index in [-0.39, 0.29) is 12.0 Å². The number of aromatic nitrogens is 4. The summed E-state index contributed by atoms with van der Waals surface area (Å²) in [6.07, 6.45) is 3.41. The average Bonchev–Trinajstić information content (AvgIpc) is 3.35. The van der Waals surface area contributed by atoms with Gasteiger partial charge in [-0.2, -0.15) is 5.10 Å². The third-order valence-electron chi connectivity index (χ3n) is 5.44. The normalized spacial score (nSPS) is 24.1. The molecule has 27 heavy (non-hydrogen) atoms. The molecule has 9 heteroatoms. The molecule has 0 aromatic carbocycles. The van der Waals surface area contributed by atoms with Gasteiger partial charge in [-0.15, -0.1) is 0 Å². The van der Waals surface area contributed by atoms with Gasteiger partial charge in [0.1, 0.15) is 23.7 Å². The van der Waals surface area contributed by atoms with Crippen molar-refractivity contribution < 1.29 is 9.53 Å². The van der Waals surface area contributed by atoms with E-state index in [1.807, 2.05) is 25.1 Å². The number of hydrogen-bond acceptors (Lipinski definition) is 7. The maximum atomic E-state index is 12.3. The van der Waals surface area contributed by atoms with Gasteiger partial charge in [-0.25, -0.2) is 9.97 Å². The van der Waals surface area contributed by atoms with Crippen LogP contribution < -0.4 is 15.1 Å². The van der Waals surface area contributed by atoms with Crippen molar-refractivity contribution in [1.29, 1.82) is 0 Å². The molecule has 0 spiro atoms. The first-order chi connectivity index (χ1) is 13.0. The number of anilines is 2. The quantitative estimate of drug-likeness (QED) is 0.801. The Balaban J connectivity index is 1.38. The van der Waals surface area contributed by atoms with Crippen molar-refractivity contribution in [3.05, 3.63) is 30.4 Å². The number of hydrogen-bond donors (Lipinski definition) is 1. The number of carbonyl (C=O) groups excluding carboxylic acids is 1. The number of nitrogens with one attached hydrogen (secondary N) is 1. The van der Waals surface area contributed by atoms with E-state index in [9.17, 15) is 4.79 Å². The van der Waals surface area contributed by atoms with Crippen molar-refractivity contribution >= 4 is 17.5 Å². The van der Waals surface area contributed by atoms with E-state index >= 15 is 0 Å². The van der Waals surface area contributed by atoms with Crippen molar-refractivity contribution in [2.24, 2.45) is 18.9 Å². The molecule has 2 fully saturated rings. The van der Waals surface area contributed by atoms with Crippen LogP contribution in [0.25, 0.3) is 0 Å². The van der Waals surface area contributed by atoms with Gasteiger partial charge in [-0.3, -0.25) is 9.48 Å². The first-order valence-electron chi connectivity index (χ1n) is 9.15. The van der Waals surface area contributed by atoms with Gasteiger partial charge in [-0.1, -0.05) is 0 Å². The molecule has 3 atom stereocenters. The van der Waals surface area contributed by atoms with Gasteiger partial charge >= 0.3 is 0 Å². The minimum atomic E-state index is -0.0975. The molecule has 144 valence electrons. The molecule has 1 N–H and O–H groups in total. The summed E-state index contributed by atoms with van der Waals surface area (Å²) in [5.41, 5.74) is 0.565. The summed E-state index contributed by atoms with van der Waals surface area (Å²) in [6, 6.07) is 3.72. The minimum Gasteiger partial charge on any atom is -0.376 e. The highest BCUT2D eigenvalue weighted by molar-refractivity contribution is 5.92. The monoisotopic (exact) mass is 371 g/mol. The summed E-state index contributed by atoms with van der Waals surface area (Å²) in [4.78, 5) is 25.2. The second kappa shape index (κ2) is 7.15. The number of amides is 1. The van der Waals surface area contributed by atoms with Crippen molar-refractivity contribution in [3.8, 4) is 0 Å². The molecule has 4 rings (SSSR count). The van der Waals surface area contributed by atoms with Gasteiger partial charge in [0, 0.05) is 64.9 Å². The summed E-state index contributed by atoms with van der Waals surface area (Å²) in [6.45, 7) is 2.98. The van der Waals surface area contributed by atoms with Crippen LogP contribution >= 0.6 is 0 Å². The van der Waals surface area contributed by atoms with Gasteiger partial charge in [0.2, 0.25) is 0 Å². The Kier molecular flexibility index (Phi) is 4.69. The van der Waals surface area contributed by atoms with Gasteiger partial charge in [0.25, 0.3) is 5.91 Å². The van der Waals surface area contributed by atoms with Crippen LogP contribution in [0.4, 0.5) is 11.6 Å². The molecule has 9 nitrogen and oxygen atoms in total. The Morgan fingerprint density at radius 1 is 1.37 bits per heavy atom. The number of fused-ring (bicyclic) bond motifs is 1. The lowest BCUT2D eigenvalue weighted by atomic mass is 9.93. The lowest BCUT2D eigenvalue weighted by Gasteiger charge is -2.22. The van der Waals surface area contributed by atoms with Crippen LogP contribution in [0.5, 0.6) is 0 Å². The van der Waals surface area contributed by atoms with E-state index in [0.717, 1.165) is 24.7 Å². The second-order valence-electron chi connectivity index (χ2n) is 7.38. The van der Waals surface area contributed by atoms with Crippen molar-refractivity contribution in [3.63, 3.8) is 0 Å². The summed E-state index contributed by atoms with van der Waals surface area (Å²) in [7, 11) is 5.70. The molecule has 0 unspecified atom stereocenters. The van der Waals surface area contributed by atoms with Crippen LogP contribution in [0.15, 0.2) is 24.7 Å². The Bertz CT molecular complexity index is 822. The topological polar surface area (TPSA) is 88.4 Å². The molecule has 4 heterocycles. The summed E-state index contributed by atoms with van der Waals surface area (Å²) >= 11 is 0. The van der Waals surface area contributed by atoms with Crippen molar-refractivity contribution in [1.82, 2.24) is 25.1 Å². The van der Waals surface area contributed by atoms with Crippen LogP contribution in [0.1, 0.15) is 10.5 Å². The maximum absolute atomic E-state index is 12.3. The molecule has 2 saturated heterocycles. The third-order valence-corrected chi connectivity index (χ3v) is 5.44. The first kappa shape index (κ1) is 17.7. The Labute approximate surface area is 158 Å². The smallest absolute Gasteiger partial charge is 0.269 e. The predicted octanol–water partition coefficient (Wildman–Crippen LogP) is 0.157. The van der Waals surface area contributed by atoms with Gasteiger partial charge in [-0.05, 0) is 6.07 Å². The van der Waals surface area contributed by atoms with Crippen LogP contribution in [-0.2, 0) is 11.8 Å². The molecule has 2 aromatic rings. The van der Waals surface area contributed by atoms with Crippen LogP contribution in [-0.4, -0.2) is 72.1 Å². The number of aryl methyl sites for hydroxylation is 1. The molecule has 2 aliphatic rings. The number of carbonyl (C=O) groups is 1. The number of nitrogens with zero attached hydrogens (tertiary/aromatic N) is 6. The largest absolute Gasteiger partial charge is 0.376 e. The molecule has 0 aliphatic carbocycles. The first-order valence-corrected chi connectivity index (χ1v) is 9.15. The zero-order valence-electron chi connectivity index (χ0n) is 15.9. The molecular weight excluding hydrogens is 346 g/mol.